The van der Waals surface area contributed by atoms with Gasteiger partial charge in [-0.1, -0.05) is 35.2 Å². The summed E-state index contributed by atoms with van der Waals surface area (Å²) in [4.78, 5) is 27.3. The van der Waals surface area contributed by atoms with Gasteiger partial charge in [-0.05, 0) is 44.4 Å². The van der Waals surface area contributed by atoms with E-state index in [1.807, 2.05) is 25.1 Å². The Labute approximate surface area is 163 Å². The quantitative estimate of drug-likeness (QED) is 0.784. The van der Waals surface area contributed by atoms with Crippen molar-refractivity contribution in [2.75, 3.05) is 7.11 Å². The molecule has 142 valence electrons. The Morgan fingerprint density at radius 3 is 2.77 bits per heavy atom. The summed E-state index contributed by atoms with van der Waals surface area (Å²) in [7, 11) is 1.62. The highest BCUT2D eigenvalue weighted by atomic mass is 79.9. The maximum atomic E-state index is 13.1. The van der Waals surface area contributed by atoms with Gasteiger partial charge in [0.05, 0.1) is 13.7 Å². The fourth-order valence-corrected chi connectivity index (χ4v) is 4.43. The van der Waals surface area contributed by atoms with Crippen LogP contribution < -0.4 is 10.1 Å². The van der Waals surface area contributed by atoms with Gasteiger partial charge in [0.25, 0.3) is 0 Å². The van der Waals surface area contributed by atoms with Crippen molar-refractivity contribution in [2.45, 2.75) is 70.0 Å². The molecule has 1 saturated heterocycles. The first-order valence-corrected chi connectivity index (χ1v) is 10.2. The Bertz CT molecular complexity index is 688. The van der Waals surface area contributed by atoms with Crippen LogP contribution in [0, 0.1) is 0 Å². The molecule has 1 aromatic rings. The molecule has 0 bridgehead atoms. The number of ether oxygens (including phenoxy) is 1. The van der Waals surface area contributed by atoms with Gasteiger partial charge in [-0.25, -0.2) is 0 Å². The van der Waals surface area contributed by atoms with Gasteiger partial charge in [-0.3, -0.25) is 9.59 Å². The molecule has 1 heterocycles. The second-order valence-electron chi connectivity index (χ2n) is 7.52. The number of nitrogens with zero attached hydrogens (tertiary/aromatic N) is 1. The van der Waals surface area contributed by atoms with Crippen molar-refractivity contribution < 1.29 is 14.3 Å². The lowest BCUT2D eigenvalue weighted by Gasteiger charge is -2.36. The maximum absolute atomic E-state index is 13.1. The van der Waals surface area contributed by atoms with Crippen LogP contribution in [0.15, 0.2) is 22.7 Å². The molecule has 5 nitrogen and oxygen atoms in total. The fourth-order valence-electron chi connectivity index (χ4n) is 4.02. The van der Waals surface area contributed by atoms with Gasteiger partial charge in [0, 0.05) is 22.5 Å². The molecule has 1 saturated carbocycles. The number of carbonyl (C=O) groups excluding carboxylic acids is 2. The third kappa shape index (κ3) is 3.90. The van der Waals surface area contributed by atoms with E-state index >= 15 is 0 Å². The maximum Gasteiger partial charge on any atom is 0.245 e. The minimum atomic E-state index is -0.804. The molecule has 1 N–H and O–H groups in total. The second-order valence-corrected chi connectivity index (χ2v) is 8.43. The Morgan fingerprint density at radius 1 is 1.35 bits per heavy atom. The van der Waals surface area contributed by atoms with Crippen molar-refractivity contribution in [3.8, 4) is 5.75 Å². The molecule has 3 rings (SSSR count). The molecule has 0 radical (unpaired) electrons. The number of amides is 2. The third-order valence-corrected chi connectivity index (χ3v) is 6.22. The van der Waals surface area contributed by atoms with E-state index in [1.54, 1.807) is 12.0 Å². The van der Waals surface area contributed by atoms with Crippen LogP contribution in [-0.2, 0) is 16.1 Å². The van der Waals surface area contributed by atoms with Gasteiger partial charge in [0.2, 0.25) is 11.8 Å². The lowest BCUT2D eigenvalue weighted by molar-refractivity contribution is -0.141. The molecular weight excluding hydrogens is 396 g/mol. The molecule has 2 amide bonds. The number of methoxy groups -OCH3 is 1. The molecule has 2 aliphatic rings. The predicted molar refractivity (Wildman–Crippen MR) is 104 cm³/mol. The molecule has 6 heteroatoms. The van der Waals surface area contributed by atoms with Gasteiger partial charge < -0.3 is 15.0 Å². The normalized spacial score (nSPS) is 24.0. The highest BCUT2D eigenvalue weighted by molar-refractivity contribution is 9.10. The van der Waals surface area contributed by atoms with Crippen molar-refractivity contribution >= 4 is 27.7 Å². The van der Waals surface area contributed by atoms with Crippen molar-refractivity contribution in [3.05, 3.63) is 28.2 Å². The highest BCUT2D eigenvalue weighted by Crippen LogP contribution is 2.35. The summed E-state index contributed by atoms with van der Waals surface area (Å²) in [5.74, 6) is 0.723. The van der Waals surface area contributed by atoms with E-state index in [1.165, 1.54) is 19.3 Å². The van der Waals surface area contributed by atoms with Gasteiger partial charge in [0.1, 0.15) is 11.3 Å². The molecule has 1 unspecified atom stereocenters. The zero-order chi connectivity index (χ0) is 18.7. The number of hydrogen-bond acceptors (Lipinski definition) is 3. The summed E-state index contributed by atoms with van der Waals surface area (Å²) >= 11 is 3.47. The Hall–Kier alpha value is -1.56. The fraction of sp³-hybridized carbons (Fsp3) is 0.600. The summed E-state index contributed by atoms with van der Waals surface area (Å²) in [6.45, 7) is 2.26. The molecule has 0 spiro atoms. The number of benzene rings is 1. The Balaban J connectivity index is 1.79. The smallest absolute Gasteiger partial charge is 0.245 e. The van der Waals surface area contributed by atoms with Crippen LogP contribution >= 0.6 is 15.9 Å². The first-order valence-electron chi connectivity index (χ1n) is 9.38. The minimum Gasteiger partial charge on any atom is -0.496 e. The Kier molecular flexibility index (Phi) is 5.90. The van der Waals surface area contributed by atoms with Crippen molar-refractivity contribution in [3.63, 3.8) is 0 Å². The van der Waals surface area contributed by atoms with Crippen molar-refractivity contribution in [1.29, 1.82) is 0 Å². The topological polar surface area (TPSA) is 58.6 Å². The standard InChI is InChI=1S/C20H27BrN2O3/c1-20(19(25)22-16-6-4-3-5-7-16)11-10-18(24)23(20)13-14-12-15(21)8-9-17(14)26-2/h8-9,12,16H,3-7,10-11,13H2,1-2H3,(H,22,25). The third-order valence-electron chi connectivity index (χ3n) is 5.72. The summed E-state index contributed by atoms with van der Waals surface area (Å²) in [5.41, 5.74) is 0.0933. The van der Waals surface area contributed by atoms with E-state index in [0.717, 1.165) is 28.6 Å². The van der Waals surface area contributed by atoms with Crippen LogP contribution in [0.5, 0.6) is 5.75 Å². The SMILES string of the molecule is COc1ccc(Br)cc1CN1C(=O)CCC1(C)C(=O)NC1CCCCC1. The second kappa shape index (κ2) is 7.99. The average molecular weight is 423 g/mol. The van der Waals surface area contributed by atoms with Gasteiger partial charge in [0.15, 0.2) is 0 Å². The number of likely N-dealkylation sites (tertiary alicyclic amines) is 1. The number of hydrogen-bond donors (Lipinski definition) is 1. The van der Waals surface area contributed by atoms with E-state index in [0.29, 0.717) is 19.4 Å². The minimum absolute atomic E-state index is 0.0216. The zero-order valence-electron chi connectivity index (χ0n) is 15.5. The van der Waals surface area contributed by atoms with Crippen molar-refractivity contribution in [2.24, 2.45) is 0 Å². The highest BCUT2D eigenvalue weighted by Gasteiger charge is 2.47. The molecule has 1 atom stereocenters. The molecule has 0 aromatic heterocycles. The largest absolute Gasteiger partial charge is 0.496 e. The summed E-state index contributed by atoms with van der Waals surface area (Å²) < 4.78 is 6.36. The first-order chi connectivity index (χ1) is 12.4. The van der Waals surface area contributed by atoms with Crippen LogP contribution in [-0.4, -0.2) is 35.4 Å². The number of rotatable bonds is 5. The molecule has 2 fully saturated rings. The molecule has 1 aliphatic heterocycles. The molecule has 1 aromatic carbocycles. The molecular formula is C20H27BrN2O3. The van der Waals surface area contributed by atoms with Crippen LogP contribution in [0.4, 0.5) is 0 Å². The van der Waals surface area contributed by atoms with Crippen LogP contribution in [0.1, 0.15) is 57.4 Å². The lowest BCUT2D eigenvalue weighted by atomic mass is 9.92. The van der Waals surface area contributed by atoms with Crippen LogP contribution in [0.25, 0.3) is 0 Å². The predicted octanol–water partition coefficient (Wildman–Crippen LogP) is 3.79. The van der Waals surface area contributed by atoms with Gasteiger partial charge in [-0.15, -0.1) is 0 Å². The van der Waals surface area contributed by atoms with E-state index in [9.17, 15) is 9.59 Å². The summed E-state index contributed by atoms with van der Waals surface area (Å²) in [6.07, 6.45) is 6.62. The number of nitrogens with one attached hydrogen (secondary N) is 1. The van der Waals surface area contributed by atoms with Crippen LogP contribution in [0.3, 0.4) is 0 Å². The van der Waals surface area contributed by atoms with E-state index < -0.39 is 5.54 Å². The summed E-state index contributed by atoms with van der Waals surface area (Å²) in [5, 5.41) is 3.20. The van der Waals surface area contributed by atoms with Gasteiger partial charge in [-0.2, -0.15) is 0 Å². The van der Waals surface area contributed by atoms with Crippen molar-refractivity contribution in [1.82, 2.24) is 10.2 Å². The lowest BCUT2D eigenvalue weighted by Crippen LogP contribution is -2.56. The van der Waals surface area contributed by atoms with E-state index in [4.69, 9.17) is 4.74 Å². The number of halogens is 1. The van der Waals surface area contributed by atoms with E-state index in [-0.39, 0.29) is 17.9 Å². The summed E-state index contributed by atoms with van der Waals surface area (Å²) in [6, 6.07) is 5.97. The monoisotopic (exact) mass is 422 g/mol. The first kappa shape index (κ1) is 19.2. The number of carbonyl (C=O) groups is 2. The van der Waals surface area contributed by atoms with Crippen LogP contribution in [0.2, 0.25) is 0 Å². The Morgan fingerprint density at radius 2 is 2.08 bits per heavy atom. The van der Waals surface area contributed by atoms with E-state index in [2.05, 4.69) is 21.2 Å². The van der Waals surface area contributed by atoms with Gasteiger partial charge >= 0.3 is 0 Å². The average Bonchev–Trinajstić information content (AvgIpc) is 2.92. The zero-order valence-corrected chi connectivity index (χ0v) is 17.1. The molecule has 1 aliphatic carbocycles. The molecule has 26 heavy (non-hydrogen) atoms.